The Morgan fingerprint density at radius 2 is 1.93 bits per heavy atom. The molecule has 2 aliphatic rings. The number of benzene rings is 2. The van der Waals surface area contributed by atoms with Crippen molar-refractivity contribution in [3.63, 3.8) is 0 Å². The summed E-state index contributed by atoms with van der Waals surface area (Å²) < 4.78 is 51.8. The summed E-state index contributed by atoms with van der Waals surface area (Å²) in [5.41, 5.74) is 2.38. The third kappa shape index (κ3) is 5.97. The number of ether oxygens (including phenoxy) is 2. The van der Waals surface area contributed by atoms with Gasteiger partial charge in [-0.3, -0.25) is 9.69 Å². The largest absolute Gasteiger partial charge is 0.496 e. The molecule has 3 heterocycles. The van der Waals surface area contributed by atoms with Crippen LogP contribution in [0.4, 0.5) is 23.9 Å². The van der Waals surface area contributed by atoms with E-state index < -0.39 is 35.9 Å². The zero-order valence-corrected chi connectivity index (χ0v) is 23.4. The number of hydrogen-bond donors (Lipinski definition) is 1. The van der Waals surface area contributed by atoms with Crippen molar-refractivity contribution in [3.8, 4) is 16.9 Å². The summed E-state index contributed by atoms with van der Waals surface area (Å²) >= 11 is 0. The van der Waals surface area contributed by atoms with E-state index in [1.165, 1.54) is 12.0 Å². The van der Waals surface area contributed by atoms with Gasteiger partial charge in [-0.05, 0) is 62.1 Å². The fourth-order valence-electron chi connectivity index (χ4n) is 5.25. The highest BCUT2D eigenvalue weighted by atomic mass is 19.4. The molecule has 42 heavy (non-hydrogen) atoms. The van der Waals surface area contributed by atoms with Crippen LogP contribution < -0.4 is 9.64 Å². The highest BCUT2D eigenvalue weighted by Gasteiger charge is 2.42. The Kier molecular flexibility index (Phi) is 7.98. The van der Waals surface area contributed by atoms with Crippen LogP contribution in [0.25, 0.3) is 11.1 Å². The van der Waals surface area contributed by atoms with Crippen LogP contribution in [0.15, 0.2) is 42.6 Å². The number of rotatable bonds is 9. The Morgan fingerprint density at radius 3 is 2.57 bits per heavy atom. The van der Waals surface area contributed by atoms with Gasteiger partial charge in [0, 0.05) is 36.8 Å². The van der Waals surface area contributed by atoms with E-state index in [-0.39, 0.29) is 18.5 Å². The molecule has 0 unspecified atom stereocenters. The van der Waals surface area contributed by atoms with Crippen LogP contribution in [0.5, 0.6) is 5.75 Å². The molecular formula is C30H31F3N4O5. The van der Waals surface area contributed by atoms with Crippen molar-refractivity contribution in [2.24, 2.45) is 0 Å². The second kappa shape index (κ2) is 11.5. The molecule has 0 bridgehead atoms. The highest BCUT2D eigenvalue weighted by molar-refractivity contribution is 5.75. The van der Waals surface area contributed by atoms with E-state index in [1.54, 1.807) is 38.2 Å². The molecule has 1 N–H and O–H groups in total. The topological polar surface area (TPSA) is 105 Å². The number of cyclic esters (lactones) is 1. The Hall–Kier alpha value is -4.35. The summed E-state index contributed by atoms with van der Waals surface area (Å²) in [7, 11) is 1.52. The van der Waals surface area contributed by atoms with E-state index in [0.29, 0.717) is 40.5 Å². The lowest BCUT2D eigenvalue weighted by atomic mass is 9.97. The van der Waals surface area contributed by atoms with Gasteiger partial charge in [-0.15, -0.1) is 0 Å². The molecule has 2 atom stereocenters. The number of methoxy groups -OCH3 is 1. The van der Waals surface area contributed by atoms with Crippen molar-refractivity contribution >= 4 is 18.0 Å². The number of carbonyl (C=O) groups is 2. The molecule has 1 aromatic heterocycles. The molecule has 12 heteroatoms. The number of anilines is 1. The van der Waals surface area contributed by atoms with Gasteiger partial charge in [0.25, 0.3) is 0 Å². The van der Waals surface area contributed by atoms with Gasteiger partial charge < -0.3 is 19.5 Å². The van der Waals surface area contributed by atoms with E-state index in [4.69, 9.17) is 19.6 Å². The fourth-order valence-corrected chi connectivity index (χ4v) is 5.25. The van der Waals surface area contributed by atoms with E-state index in [9.17, 15) is 22.8 Å². The average Bonchev–Trinajstić information content (AvgIpc) is 3.18. The normalized spacial score (nSPS) is 18.6. The van der Waals surface area contributed by atoms with Gasteiger partial charge in [0.15, 0.2) is 0 Å². The molecule has 2 aliphatic heterocycles. The molecule has 3 aromatic rings. The number of aromatic nitrogens is 2. The molecule has 0 saturated carbocycles. The van der Waals surface area contributed by atoms with E-state index in [0.717, 1.165) is 37.2 Å². The van der Waals surface area contributed by atoms with Crippen molar-refractivity contribution in [1.29, 1.82) is 0 Å². The molecule has 0 spiro atoms. The third-order valence-corrected chi connectivity index (χ3v) is 7.64. The molecular weight excluding hydrogens is 553 g/mol. The minimum absolute atomic E-state index is 0.00957. The molecule has 2 aromatic carbocycles. The monoisotopic (exact) mass is 584 g/mol. The number of carboxylic acids is 1. The molecule has 5 rings (SSSR count). The predicted octanol–water partition coefficient (Wildman–Crippen LogP) is 5.79. The van der Waals surface area contributed by atoms with Gasteiger partial charge in [-0.25, -0.2) is 14.8 Å². The van der Waals surface area contributed by atoms with Crippen molar-refractivity contribution in [2.45, 2.75) is 58.0 Å². The summed E-state index contributed by atoms with van der Waals surface area (Å²) in [6.07, 6.45) is -3.18. The Labute approximate surface area is 240 Å². The SMILES string of the molecule is COc1ccc(CCC(=O)O)cc1-c1cnc(N2CCC2)nc1CN1C(=O)O[C@H](c2cc(C)cc(C(F)(F)F)c2)[C@@H]1C. The zero-order chi connectivity index (χ0) is 30.2. The molecule has 2 fully saturated rings. The first kappa shape index (κ1) is 29.2. The Bertz CT molecular complexity index is 1510. The molecule has 9 nitrogen and oxygen atoms in total. The van der Waals surface area contributed by atoms with E-state index >= 15 is 0 Å². The second-order valence-electron chi connectivity index (χ2n) is 10.6. The van der Waals surface area contributed by atoms with Crippen molar-refractivity contribution in [2.75, 3.05) is 25.1 Å². The summed E-state index contributed by atoms with van der Waals surface area (Å²) in [4.78, 5) is 37.1. The first-order valence-corrected chi connectivity index (χ1v) is 13.6. The predicted molar refractivity (Wildman–Crippen MR) is 147 cm³/mol. The van der Waals surface area contributed by atoms with Gasteiger partial charge in [0.05, 0.1) is 31.0 Å². The van der Waals surface area contributed by atoms with Crippen molar-refractivity contribution < 1.29 is 37.3 Å². The van der Waals surface area contributed by atoms with Gasteiger partial charge >= 0.3 is 18.2 Å². The number of aryl methyl sites for hydroxylation is 2. The summed E-state index contributed by atoms with van der Waals surface area (Å²) in [5, 5.41) is 9.15. The third-order valence-electron chi connectivity index (χ3n) is 7.64. The number of amides is 1. The molecule has 2 saturated heterocycles. The highest BCUT2D eigenvalue weighted by Crippen LogP contribution is 2.39. The molecule has 222 valence electrons. The number of nitrogens with zero attached hydrogens (tertiary/aromatic N) is 4. The first-order valence-electron chi connectivity index (χ1n) is 13.6. The van der Waals surface area contributed by atoms with Crippen LogP contribution in [0, 0.1) is 6.92 Å². The minimum atomic E-state index is -4.53. The maximum atomic E-state index is 13.5. The van der Waals surface area contributed by atoms with Gasteiger partial charge in [0.2, 0.25) is 5.95 Å². The van der Waals surface area contributed by atoms with E-state index in [2.05, 4.69) is 4.98 Å². The van der Waals surface area contributed by atoms with Crippen LogP contribution in [-0.2, 0) is 28.7 Å². The first-order chi connectivity index (χ1) is 19.9. The number of alkyl halides is 3. The molecule has 1 amide bonds. The summed E-state index contributed by atoms with van der Waals surface area (Å²) in [6, 6.07) is 8.45. The Balaban J connectivity index is 1.51. The van der Waals surface area contributed by atoms with Crippen LogP contribution in [-0.4, -0.2) is 58.3 Å². The van der Waals surface area contributed by atoms with Crippen LogP contribution in [0.1, 0.15) is 53.8 Å². The lowest BCUT2D eigenvalue weighted by molar-refractivity contribution is -0.138. The number of carboxylic acid groups (broad SMARTS) is 1. The van der Waals surface area contributed by atoms with E-state index in [1.807, 2.05) is 11.0 Å². The number of aliphatic carboxylic acids is 1. The quantitative estimate of drug-likeness (QED) is 0.337. The van der Waals surface area contributed by atoms with Crippen LogP contribution in [0.3, 0.4) is 0 Å². The van der Waals surface area contributed by atoms with Gasteiger partial charge in [-0.2, -0.15) is 13.2 Å². The van der Waals surface area contributed by atoms with Crippen LogP contribution in [0.2, 0.25) is 0 Å². The summed E-state index contributed by atoms with van der Waals surface area (Å²) in [5.74, 6) is 0.110. The number of hydrogen-bond acceptors (Lipinski definition) is 7. The van der Waals surface area contributed by atoms with Gasteiger partial charge in [0.1, 0.15) is 11.9 Å². The van der Waals surface area contributed by atoms with Crippen LogP contribution >= 0.6 is 0 Å². The summed E-state index contributed by atoms with van der Waals surface area (Å²) in [6.45, 7) is 4.91. The average molecular weight is 585 g/mol. The Morgan fingerprint density at radius 1 is 1.17 bits per heavy atom. The maximum absolute atomic E-state index is 13.5. The standard InChI is InChI=1S/C30H31F3N4O5/c1-17-11-20(14-21(12-17)30(31,32)33)27-18(2)37(29(40)42-27)16-24-23(15-34-28(35-24)36-9-4-10-36)22-13-19(6-8-26(38)39)5-7-25(22)41-3/h5,7,11-15,18,27H,4,6,8-10,16H2,1-3H3,(H,38,39)/t18-,27-/m0/s1. The minimum Gasteiger partial charge on any atom is -0.496 e. The fraction of sp³-hybridized carbons (Fsp3) is 0.400. The zero-order valence-electron chi connectivity index (χ0n) is 23.4. The second-order valence-corrected chi connectivity index (χ2v) is 10.6. The molecule has 0 radical (unpaired) electrons. The lowest BCUT2D eigenvalue weighted by Gasteiger charge is -2.31. The lowest BCUT2D eigenvalue weighted by Crippen LogP contribution is -2.39. The smallest absolute Gasteiger partial charge is 0.416 e. The maximum Gasteiger partial charge on any atom is 0.416 e. The van der Waals surface area contributed by atoms with Gasteiger partial charge in [-0.1, -0.05) is 17.7 Å². The van der Waals surface area contributed by atoms with Crippen molar-refractivity contribution in [3.05, 3.63) is 70.5 Å². The van der Waals surface area contributed by atoms with Crippen molar-refractivity contribution in [1.82, 2.24) is 14.9 Å². The molecule has 0 aliphatic carbocycles. The number of carbonyl (C=O) groups excluding carboxylic acids is 1. The number of halogens is 3.